The molecule has 1 aliphatic rings. The monoisotopic (exact) mass is 330 g/mol. The van der Waals surface area contributed by atoms with E-state index >= 15 is 0 Å². The fourth-order valence-electron chi connectivity index (χ4n) is 2.64. The number of hydrogen-bond acceptors (Lipinski definition) is 3. The van der Waals surface area contributed by atoms with Crippen LogP contribution in [0.4, 0.5) is 4.39 Å². The summed E-state index contributed by atoms with van der Waals surface area (Å²) in [6.07, 6.45) is 2.76. The molecule has 3 N–H and O–H groups in total. The molecule has 1 aromatic rings. The Morgan fingerprint density at radius 1 is 1.41 bits per heavy atom. The zero-order valence-corrected chi connectivity index (χ0v) is 13.4. The van der Waals surface area contributed by atoms with Gasteiger partial charge in [0.15, 0.2) is 0 Å². The van der Waals surface area contributed by atoms with Crippen molar-refractivity contribution in [3.63, 3.8) is 0 Å². The van der Waals surface area contributed by atoms with E-state index in [9.17, 15) is 14.3 Å². The molecule has 0 bridgehead atoms. The van der Waals surface area contributed by atoms with Crippen molar-refractivity contribution in [3.05, 3.63) is 35.6 Å². The van der Waals surface area contributed by atoms with Crippen molar-refractivity contribution in [2.75, 3.05) is 19.6 Å². The van der Waals surface area contributed by atoms with Gasteiger partial charge in [0.25, 0.3) is 0 Å². The molecule has 2 rings (SSSR count). The zero-order chi connectivity index (χ0) is 15.1. The minimum absolute atomic E-state index is 0. The number of aliphatic hydroxyl groups is 1. The summed E-state index contributed by atoms with van der Waals surface area (Å²) in [4.78, 5) is 11.8. The van der Waals surface area contributed by atoms with Gasteiger partial charge in [-0.25, -0.2) is 4.39 Å². The highest BCUT2D eigenvalue weighted by Crippen LogP contribution is 2.18. The lowest BCUT2D eigenvalue weighted by molar-refractivity contribution is -0.121. The fraction of sp³-hybridized carbons (Fsp3) is 0.562. The van der Waals surface area contributed by atoms with Crippen molar-refractivity contribution in [1.29, 1.82) is 0 Å². The second-order valence-corrected chi connectivity index (χ2v) is 5.61. The van der Waals surface area contributed by atoms with Crippen LogP contribution in [0, 0.1) is 11.7 Å². The Hall–Kier alpha value is -1.17. The number of hydrogen-bond donors (Lipinski definition) is 3. The van der Waals surface area contributed by atoms with Crippen LogP contribution in [0.3, 0.4) is 0 Å². The number of nitrogens with one attached hydrogen (secondary N) is 2. The number of carbonyl (C=O) groups excluding carboxylic acids is 1. The molecule has 1 aromatic carbocycles. The Bertz CT molecular complexity index is 467. The lowest BCUT2D eigenvalue weighted by atomic mass is 9.93. The van der Waals surface area contributed by atoms with Crippen LogP contribution in [0.2, 0.25) is 0 Å². The molecular formula is C16H24ClFN2O2. The van der Waals surface area contributed by atoms with Gasteiger partial charge in [0.1, 0.15) is 5.82 Å². The summed E-state index contributed by atoms with van der Waals surface area (Å²) in [5, 5.41) is 15.9. The topological polar surface area (TPSA) is 61.4 Å². The van der Waals surface area contributed by atoms with Crippen molar-refractivity contribution in [1.82, 2.24) is 10.6 Å². The highest BCUT2D eigenvalue weighted by Gasteiger charge is 2.15. The minimum atomic E-state index is -0.872. The molecule has 6 heteroatoms. The van der Waals surface area contributed by atoms with E-state index < -0.39 is 6.10 Å². The zero-order valence-electron chi connectivity index (χ0n) is 12.6. The van der Waals surface area contributed by atoms with Gasteiger partial charge in [-0.15, -0.1) is 12.4 Å². The molecular weight excluding hydrogens is 307 g/mol. The van der Waals surface area contributed by atoms with Crippen LogP contribution >= 0.6 is 12.4 Å². The van der Waals surface area contributed by atoms with E-state index in [2.05, 4.69) is 10.6 Å². The number of carbonyl (C=O) groups is 1. The predicted molar refractivity (Wildman–Crippen MR) is 86.4 cm³/mol. The molecule has 22 heavy (non-hydrogen) atoms. The number of amides is 1. The van der Waals surface area contributed by atoms with Crippen LogP contribution in [0.15, 0.2) is 24.3 Å². The summed E-state index contributed by atoms with van der Waals surface area (Å²) in [6, 6.07) is 5.81. The quantitative estimate of drug-likeness (QED) is 0.749. The molecule has 0 radical (unpaired) electrons. The third-order valence-electron chi connectivity index (χ3n) is 3.96. The van der Waals surface area contributed by atoms with E-state index in [0.717, 1.165) is 32.4 Å². The first-order valence-corrected chi connectivity index (χ1v) is 7.56. The lowest BCUT2D eigenvalue weighted by Crippen LogP contribution is -2.31. The lowest BCUT2D eigenvalue weighted by Gasteiger charge is -2.22. The molecule has 1 atom stereocenters. The molecule has 0 saturated carbocycles. The summed E-state index contributed by atoms with van der Waals surface area (Å²) >= 11 is 0. The van der Waals surface area contributed by atoms with E-state index in [1.54, 1.807) is 12.1 Å². The molecule has 1 amide bonds. The number of piperidine rings is 1. The van der Waals surface area contributed by atoms with Crippen LogP contribution < -0.4 is 10.6 Å². The first-order valence-electron chi connectivity index (χ1n) is 7.56. The molecule has 1 saturated heterocycles. The summed E-state index contributed by atoms with van der Waals surface area (Å²) in [5.74, 6) is 0.179. The Labute approximate surface area is 136 Å². The average molecular weight is 331 g/mol. The number of halogens is 2. The standard InChI is InChI=1S/C16H23FN2O2.ClH/c17-14-3-1-2-13(10-14)15(20)11-19-16(21)5-4-12-6-8-18-9-7-12;/h1-3,10,12,15,18,20H,4-9,11H2,(H,19,21);1H. The molecule has 1 aliphatic heterocycles. The molecule has 1 fully saturated rings. The Balaban J connectivity index is 0.00000242. The van der Waals surface area contributed by atoms with Gasteiger partial charge in [0.05, 0.1) is 6.10 Å². The fourth-order valence-corrected chi connectivity index (χ4v) is 2.64. The van der Waals surface area contributed by atoms with Crippen molar-refractivity contribution in [2.45, 2.75) is 31.8 Å². The first kappa shape index (κ1) is 18.9. The van der Waals surface area contributed by atoms with Crippen molar-refractivity contribution < 1.29 is 14.3 Å². The number of aliphatic hydroxyl groups excluding tert-OH is 1. The molecule has 1 unspecified atom stereocenters. The van der Waals surface area contributed by atoms with Crippen LogP contribution in [0.1, 0.15) is 37.4 Å². The molecule has 1 heterocycles. The summed E-state index contributed by atoms with van der Waals surface area (Å²) in [6.45, 7) is 2.18. The second-order valence-electron chi connectivity index (χ2n) is 5.61. The SMILES string of the molecule is Cl.O=C(CCC1CCNCC1)NCC(O)c1cccc(F)c1. The smallest absolute Gasteiger partial charge is 0.220 e. The highest BCUT2D eigenvalue weighted by atomic mass is 35.5. The van der Waals surface area contributed by atoms with Crippen LogP contribution in [-0.2, 0) is 4.79 Å². The van der Waals surface area contributed by atoms with Gasteiger partial charge in [-0.1, -0.05) is 12.1 Å². The van der Waals surface area contributed by atoms with Gasteiger partial charge in [-0.2, -0.15) is 0 Å². The van der Waals surface area contributed by atoms with Crippen LogP contribution in [0.25, 0.3) is 0 Å². The largest absolute Gasteiger partial charge is 0.387 e. The Kier molecular flexibility index (Phi) is 8.38. The molecule has 0 aromatic heterocycles. The normalized spacial score (nSPS) is 16.6. The van der Waals surface area contributed by atoms with Gasteiger partial charge in [-0.05, 0) is 56.0 Å². The maximum absolute atomic E-state index is 13.0. The number of benzene rings is 1. The minimum Gasteiger partial charge on any atom is -0.387 e. The van der Waals surface area contributed by atoms with E-state index in [1.807, 2.05) is 0 Å². The van der Waals surface area contributed by atoms with E-state index in [1.165, 1.54) is 12.1 Å². The molecule has 0 spiro atoms. The first-order chi connectivity index (χ1) is 10.1. The van der Waals surface area contributed by atoms with Crippen LogP contribution in [-0.4, -0.2) is 30.6 Å². The van der Waals surface area contributed by atoms with E-state index in [-0.39, 0.29) is 30.7 Å². The highest BCUT2D eigenvalue weighted by molar-refractivity contribution is 5.85. The van der Waals surface area contributed by atoms with Gasteiger partial charge in [-0.3, -0.25) is 4.79 Å². The summed E-state index contributed by atoms with van der Waals surface area (Å²) < 4.78 is 13.0. The summed E-state index contributed by atoms with van der Waals surface area (Å²) in [7, 11) is 0. The van der Waals surface area contributed by atoms with Gasteiger partial charge >= 0.3 is 0 Å². The van der Waals surface area contributed by atoms with Gasteiger partial charge < -0.3 is 15.7 Å². The maximum Gasteiger partial charge on any atom is 0.220 e. The van der Waals surface area contributed by atoms with Crippen molar-refractivity contribution in [3.8, 4) is 0 Å². The average Bonchev–Trinajstić information content (AvgIpc) is 2.51. The molecule has 0 aliphatic carbocycles. The maximum atomic E-state index is 13.0. The Morgan fingerprint density at radius 3 is 2.82 bits per heavy atom. The Morgan fingerprint density at radius 2 is 2.14 bits per heavy atom. The van der Waals surface area contributed by atoms with Crippen molar-refractivity contribution in [2.24, 2.45) is 5.92 Å². The van der Waals surface area contributed by atoms with Crippen molar-refractivity contribution >= 4 is 18.3 Å². The third kappa shape index (κ3) is 6.30. The number of rotatable bonds is 6. The van der Waals surface area contributed by atoms with Gasteiger partial charge in [0.2, 0.25) is 5.91 Å². The van der Waals surface area contributed by atoms with Gasteiger partial charge in [0, 0.05) is 13.0 Å². The van der Waals surface area contributed by atoms with E-state index in [4.69, 9.17) is 0 Å². The van der Waals surface area contributed by atoms with E-state index in [0.29, 0.717) is 17.9 Å². The third-order valence-corrected chi connectivity index (χ3v) is 3.96. The molecule has 4 nitrogen and oxygen atoms in total. The molecule has 124 valence electrons. The summed E-state index contributed by atoms with van der Waals surface area (Å²) in [5.41, 5.74) is 0.480. The predicted octanol–water partition coefficient (Wildman–Crippen LogP) is 2.18. The second kappa shape index (κ2) is 9.77. The van der Waals surface area contributed by atoms with Crippen LogP contribution in [0.5, 0.6) is 0 Å².